The normalized spacial score (nSPS) is 14.9. The molecule has 0 spiro atoms. The van der Waals surface area contributed by atoms with Crippen LogP contribution in [0.4, 0.5) is 11.4 Å². The van der Waals surface area contributed by atoms with Gasteiger partial charge in [0.1, 0.15) is 5.76 Å². The van der Waals surface area contributed by atoms with Crippen molar-refractivity contribution in [3.05, 3.63) is 166 Å². The van der Waals surface area contributed by atoms with Crippen molar-refractivity contribution in [3.63, 3.8) is 0 Å². The SMILES string of the molecule is NC(=NO)c1ccc(S(=O)(=O)C2=C(c3ccc(Nc4ccccc4C(N)=NO)cc3)OC(c3ccccc3)(c3ccccc3)C2)cc1. The van der Waals surface area contributed by atoms with E-state index in [0.29, 0.717) is 28.1 Å². The van der Waals surface area contributed by atoms with Crippen LogP contribution in [0.3, 0.4) is 0 Å². The first kappa shape index (κ1) is 30.9. The molecule has 0 fully saturated rings. The molecule has 1 heterocycles. The maximum absolute atomic E-state index is 14.5. The Hall–Kier alpha value is -6.07. The minimum absolute atomic E-state index is 0.0355. The molecular formula is C36H31N5O5S. The van der Waals surface area contributed by atoms with Crippen LogP contribution in [0.1, 0.15) is 34.2 Å². The van der Waals surface area contributed by atoms with Crippen molar-refractivity contribution in [1.29, 1.82) is 0 Å². The van der Waals surface area contributed by atoms with Crippen LogP contribution in [0.2, 0.25) is 0 Å². The molecule has 6 rings (SSSR count). The molecule has 7 N–H and O–H groups in total. The van der Waals surface area contributed by atoms with Crippen LogP contribution in [0.15, 0.2) is 154 Å². The number of benzene rings is 5. The van der Waals surface area contributed by atoms with Crippen LogP contribution in [0, 0.1) is 0 Å². The Labute approximate surface area is 271 Å². The summed E-state index contributed by atoms with van der Waals surface area (Å²) in [5.41, 5.74) is 14.8. The van der Waals surface area contributed by atoms with E-state index in [1.165, 1.54) is 24.3 Å². The molecule has 236 valence electrons. The molecule has 1 aliphatic heterocycles. The van der Waals surface area contributed by atoms with Gasteiger partial charge >= 0.3 is 0 Å². The standard InChI is InChI=1S/C36H31N5O5S/c37-34(40-42)25-17-21-29(22-18-25)47(44,45)32-23-36(26-9-3-1-4-10-26,27-11-5-2-6-12-27)46-33(32)24-15-19-28(20-16-24)39-31-14-8-7-13-30(31)35(38)41-43/h1-22,39,42-43H,23H2,(H2,37,40)(H2,38,41). The highest BCUT2D eigenvalue weighted by molar-refractivity contribution is 7.95. The number of nitrogens with zero attached hydrogens (tertiary/aromatic N) is 2. The van der Waals surface area contributed by atoms with E-state index < -0.39 is 15.4 Å². The average Bonchev–Trinajstić information content (AvgIpc) is 3.55. The van der Waals surface area contributed by atoms with Crippen LogP contribution < -0.4 is 16.8 Å². The number of hydrogen-bond acceptors (Lipinski definition) is 8. The lowest BCUT2D eigenvalue weighted by atomic mass is 9.84. The Balaban J connectivity index is 1.46. The van der Waals surface area contributed by atoms with Gasteiger partial charge in [-0.15, -0.1) is 0 Å². The molecule has 0 saturated carbocycles. The van der Waals surface area contributed by atoms with Gasteiger partial charge in [0, 0.05) is 45.6 Å². The number of nitrogens with one attached hydrogen (secondary N) is 1. The van der Waals surface area contributed by atoms with Gasteiger partial charge < -0.3 is 31.9 Å². The van der Waals surface area contributed by atoms with Crippen molar-refractivity contribution in [2.75, 3.05) is 5.32 Å². The average molecular weight is 646 g/mol. The largest absolute Gasteiger partial charge is 0.476 e. The molecule has 0 radical (unpaired) electrons. The molecule has 5 aromatic rings. The molecule has 0 bridgehead atoms. The van der Waals surface area contributed by atoms with Gasteiger partial charge in [0.25, 0.3) is 0 Å². The number of sulfone groups is 1. The smallest absolute Gasteiger partial charge is 0.206 e. The van der Waals surface area contributed by atoms with Crippen molar-refractivity contribution >= 4 is 38.6 Å². The van der Waals surface area contributed by atoms with Crippen LogP contribution >= 0.6 is 0 Å². The van der Waals surface area contributed by atoms with Crippen molar-refractivity contribution in [3.8, 4) is 0 Å². The predicted octanol–water partition coefficient (Wildman–Crippen LogP) is 6.13. The summed E-state index contributed by atoms with van der Waals surface area (Å²) in [4.78, 5) is 0.151. The molecule has 11 heteroatoms. The number of oxime groups is 2. The van der Waals surface area contributed by atoms with Gasteiger partial charge in [-0.05, 0) is 60.7 Å². The summed E-state index contributed by atoms with van der Waals surface area (Å²) in [5.74, 6) is 0.0521. The van der Waals surface area contributed by atoms with Gasteiger partial charge in [-0.25, -0.2) is 8.42 Å². The fraction of sp³-hybridized carbons (Fsp3) is 0.0556. The Morgan fingerprint density at radius 3 is 1.83 bits per heavy atom. The molecule has 0 amide bonds. The van der Waals surface area contributed by atoms with Gasteiger partial charge in [0.15, 0.2) is 17.3 Å². The van der Waals surface area contributed by atoms with E-state index >= 15 is 0 Å². The van der Waals surface area contributed by atoms with E-state index in [4.69, 9.17) is 21.4 Å². The Kier molecular flexibility index (Phi) is 8.38. The van der Waals surface area contributed by atoms with Gasteiger partial charge in [-0.1, -0.05) is 83.1 Å². The first-order valence-corrected chi connectivity index (χ1v) is 16.1. The first-order chi connectivity index (χ1) is 22.8. The summed E-state index contributed by atoms with van der Waals surface area (Å²) in [6.45, 7) is 0. The van der Waals surface area contributed by atoms with E-state index in [1.807, 2.05) is 66.7 Å². The number of amidine groups is 2. The summed E-state index contributed by atoms with van der Waals surface area (Å²) in [7, 11) is -4.10. The maximum Gasteiger partial charge on any atom is 0.206 e. The highest BCUT2D eigenvalue weighted by Gasteiger charge is 2.48. The highest BCUT2D eigenvalue weighted by Crippen LogP contribution is 2.52. The van der Waals surface area contributed by atoms with Crippen LogP contribution in [-0.4, -0.2) is 30.5 Å². The third kappa shape index (κ3) is 5.87. The number of ether oxygens (including phenoxy) is 1. The third-order valence-corrected chi connectivity index (χ3v) is 9.92. The molecular weight excluding hydrogens is 614 g/mol. The Morgan fingerprint density at radius 2 is 1.26 bits per heavy atom. The molecule has 0 aromatic heterocycles. The quantitative estimate of drug-likeness (QED) is 0.0551. The summed E-state index contributed by atoms with van der Waals surface area (Å²) < 4.78 is 35.8. The minimum atomic E-state index is -4.10. The van der Waals surface area contributed by atoms with E-state index in [2.05, 4.69) is 15.6 Å². The van der Waals surface area contributed by atoms with Crippen LogP contribution in [0.25, 0.3) is 5.76 Å². The molecule has 0 atom stereocenters. The van der Waals surface area contributed by atoms with Crippen molar-refractivity contribution in [2.45, 2.75) is 16.9 Å². The molecule has 0 unspecified atom stereocenters. The lowest BCUT2D eigenvalue weighted by Gasteiger charge is -2.31. The zero-order chi connectivity index (χ0) is 33.0. The molecule has 47 heavy (non-hydrogen) atoms. The zero-order valence-electron chi connectivity index (χ0n) is 25.0. The second kappa shape index (κ2) is 12.7. The van der Waals surface area contributed by atoms with Gasteiger partial charge in [-0.2, -0.15) is 0 Å². The summed E-state index contributed by atoms with van der Waals surface area (Å²) in [6, 6.07) is 39.3. The second-order valence-electron chi connectivity index (χ2n) is 10.8. The van der Waals surface area contributed by atoms with E-state index in [0.717, 1.165) is 11.1 Å². The van der Waals surface area contributed by atoms with Crippen LogP contribution in [-0.2, 0) is 20.2 Å². The summed E-state index contributed by atoms with van der Waals surface area (Å²) in [6.07, 6.45) is 0.0355. The number of anilines is 2. The second-order valence-corrected chi connectivity index (χ2v) is 12.8. The lowest BCUT2D eigenvalue weighted by molar-refractivity contribution is 0.101. The van der Waals surface area contributed by atoms with Gasteiger partial charge in [0.05, 0.1) is 9.80 Å². The fourth-order valence-corrected chi connectivity index (χ4v) is 7.22. The van der Waals surface area contributed by atoms with Gasteiger partial charge in [-0.3, -0.25) is 0 Å². The zero-order valence-corrected chi connectivity index (χ0v) is 25.8. The third-order valence-electron chi connectivity index (χ3n) is 8.05. The van der Waals surface area contributed by atoms with Gasteiger partial charge in [0.2, 0.25) is 9.84 Å². The van der Waals surface area contributed by atoms with Crippen LogP contribution in [0.5, 0.6) is 0 Å². The molecule has 1 aliphatic rings. The van der Waals surface area contributed by atoms with E-state index in [-0.39, 0.29) is 33.7 Å². The summed E-state index contributed by atoms with van der Waals surface area (Å²) >= 11 is 0. The van der Waals surface area contributed by atoms with Crippen molar-refractivity contribution in [2.24, 2.45) is 21.8 Å². The molecule has 5 aromatic carbocycles. The van der Waals surface area contributed by atoms with Crippen molar-refractivity contribution < 1.29 is 23.6 Å². The molecule has 0 aliphatic carbocycles. The Bertz CT molecular complexity index is 2060. The maximum atomic E-state index is 14.5. The molecule has 0 saturated heterocycles. The highest BCUT2D eigenvalue weighted by atomic mass is 32.2. The lowest BCUT2D eigenvalue weighted by Crippen LogP contribution is -2.27. The number of hydrogen-bond donors (Lipinski definition) is 5. The molecule has 10 nitrogen and oxygen atoms in total. The van der Waals surface area contributed by atoms with E-state index in [1.54, 1.807) is 42.5 Å². The number of rotatable bonds is 9. The van der Waals surface area contributed by atoms with Crippen molar-refractivity contribution in [1.82, 2.24) is 0 Å². The predicted molar refractivity (Wildman–Crippen MR) is 181 cm³/mol. The Morgan fingerprint density at radius 1 is 0.702 bits per heavy atom. The number of para-hydroxylation sites is 1. The minimum Gasteiger partial charge on any atom is -0.476 e. The fourth-order valence-electron chi connectivity index (χ4n) is 5.65. The first-order valence-electron chi connectivity index (χ1n) is 14.6. The summed E-state index contributed by atoms with van der Waals surface area (Å²) in [5, 5.41) is 27.7. The topological polar surface area (TPSA) is 173 Å². The van der Waals surface area contributed by atoms with E-state index in [9.17, 15) is 13.6 Å². The number of nitrogens with two attached hydrogens (primary N) is 2. The monoisotopic (exact) mass is 645 g/mol.